The predicted octanol–water partition coefficient (Wildman–Crippen LogP) is 2.09. The minimum atomic E-state index is -3.73. The third-order valence-corrected chi connectivity index (χ3v) is 3.89. The van der Waals surface area contributed by atoms with Crippen molar-refractivity contribution in [2.45, 2.75) is 4.90 Å². The molecule has 0 aliphatic heterocycles. The Labute approximate surface area is 117 Å². The van der Waals surface area contributed by atoms with Crippen LogP contribution in [0.4, 0.5) is 5.69 Å². The van der Waals surface area contributed by atoms with E-state index in [-0.39, 0.29) is 10.2 Å². The molecular formula is C9H6BrClN4O2S. The van der Waals surface area contributed by atoms with Crippen LogP contribution in [-0.4, -0.2) is 23.4 Å². The molecule has 0 saturated carbocycles. The second-order valence-corrected chi connectivity index (χ2v) is 6.00. The SMILES string of the molecule is O=S(=O)(Nc1ccc(Br)nc1)c1cnc(Cl)nc1. The molecule has 18 heavy (non-hydrogen) atoms. The largest absolute Gasteiger partial charge is 0.278 e. The molecule has 0 aliphatic carbocycles. The van der Waals surface area contributed by atoms with Crippen molar-refractivity contribution in [1.29, 1.82) is 0 Å². The Kier molecular flexibility index (Phi) is 3.79. The summed E-state index contributed by atoms with van der Waals surface area (Å²) in [5.74, 6) is 0. The highest BCUT2D eigenvalue weighted by atomic mass is 79.9. The number of aromatic nitrogens is 3. The van der Waals surface area contributed by atoms with Crippen LogP contribution in [0.3, 0.4) is 0 Å². The van der Waals surface area contributed by atoms with E-state index in [1.807, 2.05) is 0 Å². The lowest BCUT2D eigenvalue weighted by Gasteiger charge is -2.06. The molecule has 0 spiro atoms. The Morgan fingerprint density at radius 2 is 1.78 bits per heavy atom. The molecule has 9 heteroatoms. The van der Waals surface area contributed by atoms with E-state index in [2.05, 4.69) is 35.6 Å². The smallest absolute Gasteiger partial charge is 0.265 e. The standard InChI is InChI=1S/C9H6BrClN4O2S/c10-8-2-1-6(3-12-8)15-18(16,17)7-4-13-9(11)14-5-7/h1-5,15H. The van der Waals surface area contributed by atoms with Crippen LogP contribution in [-0.2, 0) is 10.0 Å². The number of nitrogens with one attached hydrogen (secondary N) is 1. The van der Waals surface area contributed by atoms with Gasteiger partial charge in [-0.1, -0.05) is 0 Å². The van der Waals surface area contributed by atoms with Gasteiger partial charge < -0.3 is 0 Å². The first kappa shape index (κ1) is 13.2. The van der Waals surface area contributed by atoms with Gasteiger partial charge in [-0.2, -0.15) is 0 Å². The number of nitrogens with zero attached hydrogens (tertiary/aromatic N) is 3. The molecule has 0 saturated heterocycles. The first-order chi connectivity index (χ1) is 8.47. The lowest BCUT2D eigenvalue weighted by Crippen LogP contribution is -2.13. The van der Waals surface area contributed by atoms with Crippen molar-refractivity contribution in [3.8, 4) is 0 Å². The molecule has 0 bridgehead atoms. The number of hydrogen-bond donors (Lipinski definition) is 1. The van der Waals surface area contributed by atoms with E-state index in [9.17, 15) is 8.42 Å². The average Bonchev–Trinajstić information content (AvgIpc) is 2.32. The summed E-state index contributed by atoms with van der Waals surface area (Å²) in [5.41, 5.74) is 0.341. The summed E-state index contributed by atoms with van der Waals surface area (Å²) < 4.78 is 26.8. The van der Waals surface area contributed by atoms with Crippen molar-refractivity contribution in [3.05, 3.63) is 40.6 Å². The Morgan fingerprint density at radius 1 is 1.11 bits per heavy atom. The van der Waals surface area contributed by atoms with Gasteiger partial charge in [0.05, 0.1) is 24.3 Å². The molecule has 0 unspecified atom stereocenters. The Balaban J connectivity index is 2.27. The van der Waals surface area contributed by atoms with Crippen LogP contribution in [0.15, 0.2) is 40.2 Å². The van der Waals surface area contributed by atoms with Gasteiger partial charge in [0.2, 0.25) is 5.28 Å². The Morgan fingerprint density at radius 3 is 2.33 bits per heavy atom. The first-order valence-corrected chi connectivity index (χ1v) is 7.25. The lowest BCUT2D eigenvalue weighted by atomic mass is 10.4. The number of sulfonamides is 1. The van der Waals surface area contributed by atoms with Crippen LogP contribution in [0, 0.1) is 0 Å². The van der Waals surface area contributed by atoms with Crippen molar-refractivity contribution >= 4 is 43.2 Å². The van der Waals surface area contributed by atoms with E-state index in [0.717, 1.165) is 12.4 Å². The maximum Gasteiger partial charge on any atom is 0.265 e. The van der Waals surface area contributed by atoms with Gasteiger partial charge in [-0.05, 0) is 39.7 Å². The van der Waals surface area contributed by atoms with Crippen molar-refractivity contribution in [2.24, 2.45) is 0 Å². The maximum atomic E-state index is 11.9. The molecule has 0 aliphatic rings. The topological polar surface area (TPSA) is 84.8 Å². The molecule has 6 nitrogen and oxygen atoms in total. The number of pyridine rings is 1. The van der Waals surface area contributed by atoms with Crippen molar-refractivity contribution in [3.63, 3.8) is 0 Å². The zero-order chi connectivity index (χ0) is 13.2. The highest BCUT2D eigenvalue weighted by Crippen LogP contribution is 2.16. The monoisotopic (exact) mass is 348 g/mol. The van der Waals surface area contributed by atoms with Crippen LogP contribution in [0.5, 0.6) is 0 Å². The number of halogens is 2. The van der Waals surface area contributed by atoms with Crippen molar-refractivity contribution in [2.75, 3.05) is 4.72 Å². The van der Waals surface area contributed by atoms with E-state index in [1.165, 1.54) is 6.20 Å². The molecule has 1 N–H and O–H groups in total. The van der Waals surface area contributed by atoms with E-state index in [0.29, 0.717) is 10.3 Å². The van der Waals surface area contributed by atoms with Gasteiger partial charge in [0.25, 0.3) is 10.0 Å². The fourth-order valence-corrected chi connectivity index (χ4v) is 2.35. The van der Waals surface area contributed by atoms with Crippen LogP contribution >= 0.6 is 27.5 Å². The fourth-order valence-electron chi connectivity index (χ4n) is 1.09. The maximum absolute atomic E-state index is 11.9. The molecule has 0 amide bonds. The quantitative estimate of drug-likeness (QED) is 0.677. The summed E-state index contributed by atoms with van der Waals surface area (Å²) in [6.45, 7) is 0. The zero-order valence-corrected chi connectivity index (χ0v) is 11.9. The molecule has 0 radical (unpaired) electrons. The molecule has 0 atom stereocenters. The van der Waals surface area contributed by atoms with Crippen LogP contribution < -0.4 is 4.72 Å². The van der Waals surface area contributed by atoms with Gasteiger partial charge in [0, 0.05) is 0 Å². The van der Waals surface area contributed by atoms with Crippen molar-refractivity contribution in [1.82, 2.24) is 15.0 Å². The molecule has 2 aromatic rings. The summed E-state index contributed by atoms with van der Waals surface area (Å²) >= 11 is 8.64. The molecule has 94 valence electrons. The predicted molar refractivity (Wildman–Crippen MR) is 69.8 cm³/mol. The van der Waals surface area contributed by atoms with Gasteiger partial charge in [0.15, 0.2) is 0 Å². The van der Waals surface area contributed by atoms with Gasteiger partial charge in [0.1, 0.15) is 9.50 Å². The molecular weight excluding hydrogens is 344 g/mol. The summed E-state index contributed by atoms with van der Waals surface area (Å²) in [6, 6.07) is 3.20. The van der Waals surface area contributed by atoms with Crippen LogP contribution in [0.1, 0.15) is 0 Å². The second-order valence-electron chi connectivity index (χ2n) is 3.16. The third-order valence-electron chi connectivity index (χ3n) is 1.89. The van der Waals surface area contributed by atoms with E-state index in [1.54, 1.807) is 12.1 Å². The zero-order valence-electron chi connectivity index (χ0n) is 8.71. The third kappa shape index (κ3) is 3.15. The van der Waals surface area contributed by atoms with Gasteiger partial charge in [-0.15, -0.1) is 0 Å². The van der Waals surface area contributed by atoms with Gasteiger partial charge >= 0.3 is 0 Å². The van der Waals surface area contributed by atoms with Gasteiger partial charge in [-0.25, -0.2) is 23.4 Å². The fraction of sp³-hybridized carbons (Fsp3) is 0. The van der Waals surface area contributed by atoms with Crippen LogP contribution in [0.25, 0.3) is 0 Å². The van der Waals surface area contributed by atoms with E-state index < -0.39 is 10.0 Å². The highest BCUT2D eigenvalue weighted by molar-refractivity contribution is 9.10. The molecule has 2 heterocycles. The van der Waals surface area contributed by atoms with E-state index in [4.69, 9.17) is 11.6 Å². The normalized spacial score (nSPS) is 11.2. The minimum Gasteiger partial charge on any atom is -0.278 e. The molecule has 0 fully saturated rings. The number of hydrogen-bond acceptors (Lipinski definition) is 5. The van der Waals surface area contributed by atoms with E-state index >= 15 is 0 Å². The number of rotatable bonds is 3. The lowest BCUT2D eigenvalue weighted by molar-refractivity contribution is 0.600. The van der Waals surface area contributed by atoms with Crippen molar-refractivity contribution < 1.29 is 8.42 Å². The number of anilines is 1. The second kappa shape index (κ2) is 5.17. The Bertz CT molecular complexity index is 645. The Hall–Kier alpha value is -1.25. The first-order valence-electron chi connectivity index (χ1n) is 4.59. The molecule has 0 aromatic carbocycles. The highest BCUT2D eigenvalue weighted by Gasteiger charge is 2.15. The molecule has 2 aromatic heterocycles. The molecule has 2 rings (SSSR count). The minimum absolute atomic E-state index is 0.0146. The summed E-state index contributed by atoms with van der Waals surface area (Å²) in [4.78, 5) is 11.1. The summed E-state index contributed by atoms with van der Waals surface area (Å²) in [6.07, 6.45) is 3.65. The summed E-state index contributed by atoms with van der Waals surface area (Å²) in [7, 11) is -3.73. The van der Waals surface area contributed by atoms with Gasteiger partial charge in [-0.3, -0.25) is 4.72 Å². The average molecular weight is 350 g/mol. The van der Waals surface area contributed by atoms with Crippen LogP contribution in [0.2, 0.25) is 5.28 Å². The summed E-state index contributed by atoms with van der Waals surface area (Å²) in [5, 5.41) is -0.0146.